The lowest BCUT2D eigenvalue weighted by Gasteiger charge is -2.22. The summed E-state index contributed by atoms with van der Waals surface area (Å²) in [5.74, 6) is -0.811. The van der Waals surface area contributed by atoms with Gasteiger partial charge in [0.15, 0.2) is 0 Å². The Hall–Kier alpha value is -1.30. The Morgan fingerprint density at radius 1 is 1.10 bits per heavy atom. The van der Waals surface area contributed by atoms with Gasteiger partial charge in [-0.1, -0.05) is 27.7 Å². The van der Waals surface area contributed by atoms with Crippen LogP contribution in [0.5, 0.6) is 0 Å². The number of carbonyl (C=O) groups excluding carboxylic acids is 1. The molecule has 2 N–H and O–H groups in total. The number of nitrogens with one attached hydrogen (secondary N) is 1. The summed E-state index contributed by atoms with van der Waals surface area (Å²) in [6.45, 7) is 11.4. The van der Waals surface area contributed by atoms with Gasteiger partial charge >= 0.3 is 12.0 Å². The van der Waals surface area contributed by atoms with E-state index in [1.807, 2.05) is 9.80 Å². The molecular formula is C15H27N3O3. The molecule has 0 unspecified atom stereocenters. The fourth-order valence-corrected chi connectivity index (χ4v) is 3.30. The molecule has 1 saturated heterocycles. The number of carboxylic acid groups (broad SMARTS) is 1. The van der Waals surface area contributed by atoms with Crippen molar-refractivity contribution in [3.05, 3.63) is 0 Å². The molecule has 1 saturated carbocycles. The predicted molar refractivity (Wildman–Crippen MR) is 80.1 cm³/mol. The molecule has 6 heteroatoms. The molecule has 0 aromatic heterocycles. The van der Waals surface area contributed by atoms with E-state index < -0.39 is 5.97 Å². The van der Waals surface area contributed by atoms with Crippen LogP contribution in [0.2, 0.25) is 0 Å². The van der Waals surface area contributed by atoms with Crippen molar-refractivity contribution in [2.75, 3.05) is 32.7 Å². The highest BCUT2D eigenvalue weighted by molar-refractivity contribution is 5.75. The average Bonchev–Trinajstić information content (AvgIpc) is 2.87. The summed E-state index contributed by atoms with van der Waals surface area (Å²) in [6, 6.07) is 0.187. The zero-order chi connectivity index (χ0) is 15.8. The first-order valence-electron chi connectivity index (χ1n) is 7.66. The predicted octanol–water partition coefficient (Wildman–Crippen LogP) is 1.22. The highest BCUT2D eigenvalue weighted by Crippen LogP contribution is 2.62. The van der Waals surface area contributed by atoms with Crippen LogP contribution in [-0.4, -0.2) is 65.7 Å². The average molecular weight is 297 g/mol. The molecular weight excluding hydrogens is 270 g/mol. The van der Waals surface area contributed by atoms with Crippen LogP contribution >= 0.6 is 0 Å². The summed E-state index contributed by atoms with van der Waals surface area (Å²) in [6.07, 6.45) is 0.818. The van der Waals surface area contributed by atoms with E-state index in [1.54, 1.807) is 0 Å². The minimum absolute atomic E-state index is 0.0178. The van der Waals surface area contributed by atoms with Gasteiger partial charge in [0.25, 0.3) is 0 Å². The molecule has 0 radical (unpaired) electrons. The number of hydrogen-bond donors (Lipinski definition) is 2. The van der Waals surface area contributed by atoms with Gasteiger partial charge in [0, 0.05) is 32.2 Å². The molecule has 6 nitrogen and oxygen atoms in total. The number of rotatable bonds is 3. The number of nitrogens with zero attached hydrogens (tertiary/aromatic N) is 2. The summed E-state index contributed by atoms with van der Waals surface area (Å²) in [7, 11) is 0. The van der Waals surface area contributed by atoms with Gasteiger partial charge in [0.05, 0.1) is 6.54 Å². The summed E-state index contributed by atoms with van der Waals surface area (Å²) in [5.41, 5.74) is 0.258. The SMILES string of the molecule is CC1(C)C(NC(=O)N2CCCN(CC(=O)O)CC2)C1(C)C. The summed E-state index contributed by atoms with van der Waals surface area (Å²) in [4.78, 5) is 26.8. The molecule has 21 heavy (non-hydrogen) atoms. The molecule has 2 aliphatic rings. The fraction of sp³-hybridized carbons (Fsp3) is 0.867. The number of urea groups is 1. The zero-order valence-electron chi connectivity index (χ0n) is 13.5. The van der Waals surface area contributed by atoms with Crippen molar-refractivity contribution in [3.8, 4) is 0 Å². The van der Waals surface area contributed by atoms with E-state index in [0.29, 0.717) is 19.6 Å². The lowest BCUT2D eigenvalue weighted by molar-refractivity contribution is -0.138. The van der Waals surface area contributed by atoms with Crippen LogP contribution < -0.4 is 5.32 Å². The van der Waals surface area contributed by atoms with Gasteiger partial charge in [-0.2, -0.15) is 0 Å². The van der Waals surface area contributed by atoms with E-state index in [-0.39, 0.29) is 29.4 Å². The van der Waals surface area contributed by atoms with Crippen LogP contribution in [0.15, 0.2) is 0 Å². The summed E-state index contributed by atoms with van der Waals surface area (Å²) < 4.78 is 0. The Labute approximate surface area is 126 Å². The van der Waals surface area contributed by atoms with Gasteiger partial charge in [-0.15, -0.1) is 0 Å². The Bertz CT molecular complexity index is 420. The van der Waals surface area contributed by atoms with Crippen LogP contribution in [0.3, 0.4) is 0 Å². The molecule has 2 fully saturated rings. The van der Waals surface area contributed by atoms with Crippen LogP contribution in [-0.2, 0) is 4.79 Å². The van der Waals surface area contributed by atoms with Crippen LogP contribution in [0.4, 0.5) is 4.79 Å². The third-order valence-electron chi connectivity index (χ3n) is 5.52. The molecule has 0 spiro atoms. The molecule has 2 rings (SSSR count). The van der Waals surface area contributed by atoms with Gasteiger partial charge in [0.2, 0.25) is 0 Å². The first-order chi connectivity index (χ1) is 9.66. The number of aliphatic carboxylic acids is 1. The van der Waals surface area contributed by atoms with Crippen molar-refractivity contribution in [2.24, 2.45) is 10.8 Å². The van der Waals surface area contributed by atoms with Gasteiger partial charge in [-0.25, -0.2) is 4.79 Å². The van der Waals surface area contributed by atoms with Crippen molar-refractivity contribution < 1.29 is 14.7 Å². The third-order valence-corrected chi connectivity index (χ3v) is 5.52. The summed E-state index contributed by atoms with van der Waals surface area (Å²) in [5, 5.41) is 12.0. The lowest BCUT2D eigenvalue weighted by Crippen LogP contribution is -2.44. The fourth-order valence-electron chi connectivity index (χ4n) is 3.30. The van der Waals surface area contributed by atoms with Crippen molar-refractivity contribution in [2.45, 2.75) is 40.2 Å². The minimum atomic E-state index is -0.811. The molecule has 1 aliphatic heterocycles. The van der Waals surface area contributed by atoms with Crippen LogP contribution in [0.25, 0.3) is 0 Å². The number of carboxylic acids is 1. The molecule has 0 atom stereocenters. The monoisotopic (exact) mass is 297 g/mol. The zero-order valence-corrected chi connectivity index (χ0v) is 13.5. The Morgan fingerprint density at radius 2 is 1.71 bits per heavy atom. The first-order valence-corrected chi connectivity index (χ1v) is 7.66. The molecule has 0 aromatic rings. The van der Waals surface area contributed by atoms with Gasteiger partial charge < -0.3 is 15.3 Å². The largest absolute Gasteiger partial charge is 0.480 e. The van der Waals surface area contributed by atoms with Crippen molar-refractivity contribution in [1.29, 1.82) is 0 Å². The maximum absolute atomic E-state index is 12.4. The van der Waals surface area contributed by atoms with Gasteiger partial charge in [-0.05, 0) is 17.3 Å². The number of amides is 2. The quantitative estimate of drug-likeness (QED) is 0.821. The molecule has 1 aliphatic carbocycles. The third kappa shape index (κ3) is 3.15. The minimum Gasteiger partial charge on any atom is -0.480 e. The molecule has 1 heterocycles. The lowest BCUT2D eigenvalue weighted by atomic mass is 10.0. The van der Waals surface area contributed by atoms with E-state index in [9.17, 15) is 9.59 Å². The molecule has 2 amide bonds. The Morgan fingerprint density at radius 3 is 2.24 bits per heavy atom. The maximum atomic E-state index is 12.4. The van der Waals surface area contributed by atoms with Crippen molar-refractivity contribution in [1.82, 2.24) is 15.1 Å². The van der Waals surface area contributed by atoms with E-state index in [4.69, 9.17) is 5.11 Å². The molecule has 0 bridgehead atoms. The van der Waals surface area contributed by atoms with Crippen molar-refractivity contribution >= 4 is 12.0 Å². The molecule has 0 aromatic carbocycles. The van der Waals surface area contributed by atoms with Crippen molar-refractivity contribution in [3.63, 3.8) is 0 Å². The van der Waals surface area contributed by atoms with Crippen LogP contribution in [0.1, 0.15) is 34.1 Å². The highest BCUT2D eigenvalue weighted by Gasteiger charge is 2.65. The highest BCUT2D eigenvalue weighted by atomic mass is 16.4. The second-order valence-corrected chi connectivity index (χ2v) is 7.34. The number of hydrogen-bond acceptors (Lipinski definition) is 3. The Kier molecular flexibility index (Phi) is 4.19. The Balaban J connectivity index is 1.86. The van der Waals surface area contributed by atoms with Gasteiger partial charge in [0.1, 0.15) is 0 Å². The van der Waals surface area contributed by atoms with Crippen LogP contribution in [0, 0.1) is 10.8 Å². The standard InChI is InChI=1S/C15H27N3O3/c1-14(2)12(15(14,3)4)16-13(21)18-7-5-6-17(8-9-18)10-11(19)20/h12H,5-10H2,1-4H3,(H,16,21)(H,19,20). The van der Waals surface area contributed by atoms with E-state index in [0.717, 1.165) is 13.0 Å². The molecule has 120 valence electrons. The second kappa shape index (κ2) is 5.48. The topological polar surface area (TPSA) is 72.9 Å². The van der Waals surface area contributed by atoms with E-state index in [2.05, 4.69) is 33.0 Å². The van der Waals surface area contributed by atoms with E-state index in [1.165, 1.54) is 0 Å². The summed E-state index contributed by atoms with van der Waals surface area (Å²) >= 11 is 0. The second-order valence-electron chi connectivity index (χ2n) is 7.34. The number of carbonyl (C=O) groups is 2. The maximum Gasteiger partial charge on any atom is 0.317 e. The smallest absolute Gasteiger partial charge is 0.317 e. The normalized spacial score (nSPS) is 25.2. The van der Waals surface area contributed by atoms with Gasteiger partial charge in [-0.3, -0.25) is 9.69 Å². The first kappa shape index (κ1) is 16.1. The van der Waals surface area contributed by atoms with E-state index >= 15 is 0 Å².